The molecule has 4 aromatic rings. The van der Waals surface area contributed by atoms with Gasteiger partial charge in [-0.25, -0.2) is 4.98 Å². The lowest BCUT2D eigenvalue weighted by molar-refractivity contribution is -0.118. The van der Waals surface area contributed by atoms with Crippen molar-refractivity contribution < 1.29 is 14.3 Å². The second-order valence-electron chi connectivity index (χ2n) is 10.1. The third kappa shape index (κ3) is 6.95. The number of benzene rings is 3. The fourth-order valence-corrected chi connectivity index (χ4v) is 5.82. The van der Waals surface area contributed by atoms with Gasteiger partial charge in [0.05, 0.1) is 27.3 Å². The van der Waals surface area contributed by atoms with Crippen LogP contribution in [0, 0.1) is 10.5 Å². The summed E-state index contributed by atoms with van der Waals surface area (Å²) in [6, 6.07) is 18.7. The van der Waals surface area contributed by atoms with E-state index in [1.807, 2.05) is 68.4 Å². The highest BCUT2D eigenvalue weighted by molar-refractivity contribution is 14.1. The molecule has 1 aliphatic rings. The molecule has 9 heteroatoms. The molecule has 0 radical (unpaired) electrons. The number of ether oxygens (including phenoxy) is 2. The summed E-state index contributed by atoms with van der Waals surface area (Å²) in [5.41, 5.74) is 3.09. The number of hydrogen-bond donors (Lipinski definition) is 1. The molecule has 1 aliphatic carbocycles. The zero-order chi connectivity index (χ0) is 28.8. The van der Waals surface area contributed by atoms with Gasteiger partial charge in [0.15, 0.2) is 18.1 Å². The number of anilines is 1. The molecule has 0 spiro atoms. The molecule has 1 fully saturated rings. The standard InChI is InChI=1S/C32H33IN4O4/c1-3-40-28-18-22(17-26(33)30(28)41-20-29(38)35-24-15-13-21(2)14-16-24)19-34-37-31(23-9-5-4-6-10-23)36-27-12-8-7-11-25(27)32(37)39/h7-8,11-19,23H,3-6,9-10,20H2,1-2H3,(H,35,38). The van der Waals surface area contributed by atoms with Crippen molar-refractivity contribution in [2.45, 2.75) is 51.9 Å². The number of amides is 1. The summed E-state index contributed by atoms with van der Waals surface area (Å²) < 4.78 is 14.0. The molecule has 8 nitrogen and oxygen atoms in total. The summed E-state index contributed by atoms with van der Waals surface area (Å²) in [6.45, 7) is 4.13. The second-order valence-corrected chi connectivity index (χ2v) is 11.3. The molecule has 5 rings (SSSR count). The number of para-hydroxylation sites is 1. The van der Waals surface area contributed by atoms with E-state index in [4.69, 9.17) is 14.5 Å². The van der Waals surface area contributed by atoms with E-state index in [0.717, 1.165) is 40.4 Å². The van der Waals surface area contributed by atoms with Crippen molar-refractivity contribution in [2.75, 3.05) is 18.5 Å². The normalized spacial score (nSPS) is 13.9. The molecule has 3 aromatic carbocycles. The van der Waals surface area contributed by atoms with Gasteiger partial charge < -0.3 is 14.8 Å². The lowest BCUT2D eigenvalue weighted by Gasteiger charge is -2.22. The predicted octanol–water partition coefficient (Wildman–Crippen LogP) is 6.66. The largest absolute Gasteiger partial charge is 0.490 e. The van der Waals surface area contributed by atoms with Gasteiger partial charge >= 0.3 is 0 Å². The summed E-state index contributed by atoms with van der Waals surface area (Å²) in [5, 5.41) is 8.04. The van der Waals surface area contributed by atoms with Crippen LogP contribution in [0.5, 0.6) is 11.5 Å². The van der Waals surface area contributed by atoms with Gasteiger partial charge in [-0.2, -0.15) is 9.78 Å². The van der Waals surface area contributed by atoms with Crippen LogP contribution in [0.25, 0.3) is 10.9 Å². The average molecular weight is 665 g/mol. The minimum atomic E-state index is -0.267. The van der Waals surface area contributed by atoms with Crippen LogP contribution in [0.1, 0.15) is 61.9 Å². The number of rotatable bonds is 9. The number of carbonyl (C=O) groups excluding carboxylic acids is 1. The predicted molar refractivity (Wildman–Crippen MR) is 170 cm³/mol. The fraction of sp³-hybridized carbons (Fsp3) is 0.312. The van der Waals surface area contributed by atoms with Crippen molar-refractivity contribution in [1.29, 1.82) is 0 Å². The first kappa shape index (κ1) is 28.8. The number of nitrogens with one attached hydrogen (secondary N) is 1. The fourth-order valence-electron chi connectivity index (χ4n) is 5.04. The van der Waals surface area contributed by atoms with E-state index in [1.165, 1.54) is 11.1 Å². The molecule has 0 bridgehead atoms. The molecule has 1 N–H and O–H groups in total. The number of nitrogens with zero attached hydrogens (tertiary/aromatic N) is 3. The number of fused-ring (bicyclic) bond motifs is 1. The smallest absolute Gasteiger partial charge is 0.282 e. The molecule has 0 aliphatic heterocycles. The Balaban J connectivity index is 1.41. The third-order valence-corrected chi connectivity index (χ3v) is 7.89. The van der Waals surface area contributed by atoms with Crippen LogP contribution in [-0.2, 0) is 4.79 Å². The summed E-state index contributed by atoms with van der Waals surface area (Å²) in [4.78, 5) is 30.9. The van der Waals surface area contributed by atoms with E-state index in [0.29, 0.717) is 40.5 Å². The molecular weight excluding hydrogens is 631 g/mol. The molecule has 212 valence electrons. The molecule has 41 heavy (non-hydrogen) atoms. The molecule has 1 aromatic heterocycles. The highest BCUT2D eigenvalue weighted by Crippen LogP contribution is 2.34. The molecular formula is C32H33IN4O4. The maximum Gasteiger partial charge on any atom is 0.282 e. The minimum Gasteiger partial charge on any atom is -0.490 e. The summed E-state index contributed by atoms with van der Waals surface area (Å²) in [5.74, 6) is 1.62. The summed E-state index contributed by atoms with van der Waals surface area (Å²) in [6.07, 6.45) is 7.10. The number of halogens is 1. The molecule has 1 saturated carbocycles. The Hall–Kier alpha value is -3.73. The first-order chi connectivity index (χ1) is 19.9. The highest BCUT2D eigenvalue weighted by atomic mass is 127. The molecule has 1 heterocycles. The Morgan fingerprint density at radius 1 is 1.10 bits per heavy atom. The maximum atomic E-state index is 13.5. The summed E-state index contributed by atoms with van der Waals surface area (Å²) >= 11 is 2.16. The number of aromatic nitrogens is 2. The Bertz CT molecular complexity index is 1630. The van der Waals surface area contributed by atoms with Crippen LogP contribution < -0.4 is 20.3 Å². The Labute approximate surface area is 252 Å². The monoisotopic (exact) mass is 664 g/mol. The van der Waals surface area contributed by atoms with Crippen molar-refractivity contribution in [3.63, 3.8) is 0 Å². The number of aryl methyl sites for hydroxylation is 1. The highest BCUT2D eigenvalue weighted by Gasteiger charge is 2.22. The molecule has 1 amide bonds. The average Bonchev–Trinajstić information content (AvgIpc) is 2.98. The van der Waals surface area contributed by atoms with Crippen LogP contribution in [-0.4, -0.2) is 35.0 Å². The van der Waals surface area contributed by atoms with Gasteiger partial charge in [0.1, 0.15) is 5.82 Å². The SMILES string of the molecule is CCOc1cc(C=Nn2c(C3CCCCC3)nc3ccccc3c2=O)cc(I)c1OCC(=O)Nc1ccc(C)cc1. The lowest BCUT2D eigenvalue weighted by atomic mass is 9.88. The van der Waals surface area contributed by atoms with Gasteiger partial charge in [-0.1, -0.05) is 49.1 Å². The first-order valence-electron chi connectivity index (χ1n) is 13.9. The van der Waals surface area contributed by atoms with Crippen LogP contribution in [0.3, 0.4) is 0 Å². The Morgan fingerprint density at radius 2 is 1.85 bits per heavy atom. The van der Waals surface area contributed by atoms with Crippen molar-refractivity contribution in [3.05, 3.63) is 91.5 Å². The molecule has 0 unspecified atom stereocenters. The van der Waals surface area contributed by atoms with Crippen molar-refractivity contribution in [1.82, 2.24) is 9.66 Å². The van der Waals surface area contributed by atoms with Crippen molar-refractivity contribution in [2.24, 2.45) is 5.10 Å². The van der Waals surface area contributed by atoms with Crippen LogP contribution in [0.15, 0.2) is 70.6 Å². The van der Waals surface area contributed by atoms with E-state index in [2.05, 4.69) is 33.0 Å². The van der Waals surface area contributed by atoms with Gasteiger partial charge in [0.25, 0.3) is 11.5 Å². The number of hydrogen-bond acceptors (Lipinski definition) is 6. The second kappa shape index (κ2) is 13.3. The quantitative estimate of drug-likeness (QED) is 0.160. The topological polar surface area (TPSA) is 94.8 Å². The molecule has 0 atom stereocenters. The Kier molecular flexibility index (Phi) is 9.33. The number of carbonyl (C=O) groups is 1. The van der Waals surface area contributed by atoms with Crippen LogP contribution in [0.4, 0.5) is 5.69 Å². The van der Waals surface area contributed by atoms with Gasteiger partial charge in [-0.05, 0) is 91.2 Å². The lowest BCUT2D eigenvalue weighted by Crippen LogP contribution is -2.25. The minimum absolute atomic E-state index is 0.166. The summed E-state index contributed by atoms with van der Waals surface area (Å²) in [7, 11) is 0. The van der Waals surface area contributed by atoms with Crippen molar-refractivity contribution >= 4 is 51.3 Å². The van der Waals surface area contributed by atoms with Gasteiger partial charge in [-0.3, -0.25) is 9.59 Å². The van der Waals surface area contributed by atoms with E-state index in [9.17, 15) is 9.59 Å². The van der Waals surface area contributed by atoms with Gasteiger partial charge in [0, 0.05) is 11.6 Å². The zero-order valence-corrected chi connectivity index (χ0v) is 25.4. The third-order valence-electron chi connectivity index (χ3n) is 7.09. The van der Waals surface area contributed by atoms with E-state index >= 15 is 0 Å². The van der Waals surface area contributed by atoms with Gasteiger partial charge in [0.2, 0.25) is 0 Å². The van der Waals surface area contributed by atoms with Crippen LogP contribution in [0.2, 0.25) is 0 Å². The van der Waals surface area contributed by atoms with E-state index in [1.54, 1.807) is 12.3 Å². The van der Waals surface area contributed by atoms with Crippen molar-refractivity contribution in [3.8, 4) is 11.5 Å². The van der Waals surface area contributed by atoms with E-state index < -0.39 is 0 Å². The maximum absolute atomic E-state index is 13.5. The van der Waals surface area contributed by atoms with Gasteiger partial charge in [-0.15, -0.1) is 0 Å². The Morgan fingerprint density at radius 3 is 2.61 bits per heavy atom. The first-order valence-corrected chi connectivity index (χ1v) is 15.0. The molecule has 0 saturated heterocycles. The van der Waals surface area contributed by atoms with E-state index in [-0.39, 0.29) is 24.0 Å². The zero-order valence-electron chi connectivity index (χ0n) is 23.2. The van der Waals surface area contributed by atoms with Crippen LogP contribution >= 0.6 is 22.6 Å².